The van der Waals surface area contributed by atoms with E-state index in [1.807, 2.05) is 0 Å². The Morgan fingerprint density at radius 1 is 0.889 bits per heavy atom. The Morgan fingerprint density at radius 2 is 1.52 bits per heavy atom. The Hall–Kier alpha value is -3.68. The van der Waals surface area contributed by atoms with Gasteiger partial charge in [-0.2, -0.15) is 5.10 Å². The maximum Gasteiger partial charge on any atom is 0.266 e. The standard InChI is InChI=1S/C19H15N5O3/c1-11(24-18(26)12-5-3-4-6-13(12)19(24)27)16-17(21-10-9-20-16)14-7-8-15(25)23(2)22-14/h3-11H,1-2H3. The summed E-state index contributed by atoms with van der Waals surface area (Å²) < 4.78 is 1.19. The van der Waals surface area contributed by atoms with Crippen molar-refractivity contribution in [2.24, 2.45) is 7.05 Å². The van der Waals surface area contributed by atoms with Gasteiger partial charge in [-0.05, 0) is 25.1 Å². The molecule has 27 heavy (non-hydrogen) atoms. The molecule has 3 heterocycles. The minimum absolute atomic E-state index is 0.252. The van der Waals surface area contributed by atoms with Crippen LogP contribution in [0.1, 0.15) is 39.4 Å². The van der Waals surface area contributed by atoms with Crippen molar-refractivity contribution in [1.82, 2.24) is 24.6 Å². The van der Waals surface area contributed by atoms with Crippen molar-refractivity contribution in [3.8, 4) is 11.4 Å². The number of hydrogen-bond donors (Lipinski definition) is 0. The Kier molecular flexibility index (Phi) is 3.88. The molecular formula is C19H15N5O3. The highest BCUT2D eigenvalue weighted by Crippen LogP contribution is 2.33. The monoisotopic (exact) mass is 361 g/mol. The lowest BCUT2D eigenvalue weighted by molar-refractivity contribution is 0.0592. The van der Waals surface area contributed by atoms with Gasteiger partial charge >= 0.3 is 0 Å². The molecule has 1 aromatic carbocycles. The lowest BCUT2D eigenvalue weighted by Gasteiger charge is -2.23. The second-order valence-electron chi connectivity index (χ2n) is 6.17. The van der Waals surface area contributed by atoms with Crippen LogP contribution in [0, 0.1) is 0 Å². The van der Waals surface area contributed by atoms with Gasteiger partial charge in [0.25, 0.3) is 17.4 Å². The Labute approximate surface area is 154 Å². The summed E-state index contributed by atoms with van der Waals surface area (Å²) in [6, 6.07) is 8.99. The van der Waals surface area contributed by atoms with E-state index in [1.165, 1.54) is 35.1 Å². The highest BCUT2D eigenvalue weighted by Gasteiger charge is 2.40. The number of benzene rings is 1. The topological polar surface area (TPSA) is 98.1 Å². The average molecular weight is 361 g/mol. The number of aromatic nitrogens is 4. The molecule has 2 aromatic heterocycles. The number of nitrogens with zero attached hydrogens (tertiary/aromatic N) is 5. The first-order chi connectivity index (χ1) is 13.0. The third-order valence-electron chi connectivity index (χ3n) is 4.54. The first-order valence-electron chi connectivity index (χ1n) is 8.31. The van der Waals surface area contributed by atoms with Gasteiger partial charge in [0.05, 0.1) is 22.9 Å². The van der Waals surface area contributed by atoms with Gasteiger partial charge in [0.15, 0.2) is 0 Å². The second kappa shape index (κ2) is 6.24. The molecule has 134 valence electrons. The molecule has 1 aliphatic rings. The highest BCUT2D eigenvalue weighted by molar-refractivity contribution is 6.21. The smallest absolute Gasteiger partial charge is 0.266 e. The zero-order valence-electron chi connectivity index (χ0n) is 14.7. The molecule has 0 saturated carbocycles. The fourth-order valence-electron chi connectivity index (χ4n) is 3.16. The molecule has 0 N–H and O–H groups in total. The molecule has 1 atom stereocenters. The van der Waals surface area contributed by atoms with Gasteiger partial charge in [0.2, 0.25) is 0 Å². The molecule has 1 aliphatic heterocycles. The normalized spacial score (nSPS) is 14.4. The number of amides is 2. The molecule has 8 heteroatoms. The van der Waals surface area contributed by atoms with Crippen LogP contribution in [0.15, 0.2) is 53.6 Å². The van der Waals surface area contributed by atoms with Gasteiger partial charge in [-0.15, -0.1) is 0 Å². The van der Waals surface area contributed by atoms with Gasteiger partial charge in [-0.1, -0.05) is 12.1 Å². The molecule has 0 spiro atoms. The van der Waals surface area contributed by atoms with Crippen molar-refractivity contribution in [3.63, 3.8) is 0 Å². The number of carbonyl (C=O) groups is 2. The molecule has 4 rings (SSSR count). The van der Waals surface area contributed by atoms with Gasteiger partial charge < -0.3 is 0 Å². The predicted molar refractivity (Wildman–Crippen MR) is 95.9 cm³/mol. The van der Waals surface area contributed by atoms with Gasteiger partial charge in [0.1, 0.15) is 11.4 Å². The van der Waals surface area contributed by atoms with Crippen LogP contribution in [0.2, 0.25) is 0 Å². The fraction of sp³-hybridized carbons (Fsp3) is 0.158. The molecule has 8 nitrogen and oxygen atoms in total. The summed E-state index contributed by atoms with van der Waals surface area (Å²) in [5, 5.41) is 4.20. The van der Waals surface area contributed by atoms with E-state index in [0.29, 0.717) is 28.2 Å². The van der Waals surface area contributed by atoms with E-state index in [0.717, 1.165) is 0 Å². The zero-order chi connectivity index (χ0) is 19.1. The van der Waals surface area contributed by atoms with Gasteiger partial charge in [-0.3, -0.25) is 29.3 Å². The SMILES string of the molecule is CC(c1nccnc1-c1ccc(=O)n(C)n1)N1C(=O)c2ccccc2C1=O. The maximum atomic E-state index is 12.8. The summed E-state index contributed by atoms with van der Waals surface area (Å²) in [6.45, 7) is 1.72. The number of imide groups is 1. The molecule has 3 aromatic rings. The molecule has 0 bridgehead atoms. The Balaban J connectivity index is 1.79. The van der Waals surface area contributed by atoms with Crippen molar-refractivity contribution in [3.05, 3.63) is 76.0 Å². The minimum Gasteiger partial charge on any atom is -0.269 e. The minimum atomic E-state index is -0.653. The number of aryl methyl sites for hydroxylation is 1. The van der Waals surface area contributed by atoms with Crippen LogP contribution in [0.5, 0.6) is 0 Å². The summed E-state index contributed by atoms with van der Waals surface area (Å²) in [4.78, 5) is 47.0. The second-order valence-corrected chi connectivity index (χ2v) is 6.17. The molecule has 0 aliphatic carbocycles. The molecule has 0 radical (unpaired) electrons. The third-order valence-corrected chi connectivity index (χ3v) is 4.54. The van der Waals surface area contributed by atoms with Crippen LogP contribution < -0.4 is 5.56 Å². The Morgan fingerprint density at radius 3 is 2.15 bits per heavy atom. The largest absolute Gasteiger partial charge is 0.269 e. The fourth-order valence-corrected chi connectivity index (χ4v) is 3.16. The highest BCUT2D eigenvalue weighted by atomic mass is 16.2. The molecule has 2 amide bonds. The first-order valence-corrected chi connectivity index (χ1v) is 8.31. The van der Waals surface area contributed by atoms with E-state index >= 15 is 0 Å². The first kappa shape index (κ1) is 16.8. The van der Waals surface area contributed by atoms with Crippen molar-refractivity contribution in [2.45, 2.75) is 13.0 Å². The lowest BCUT2D eigenvalue weighted by atomic mass is 10.1. The number of hydrogen-bond acceptors (Lipinski definition) is 6. The van der Waals surface area contributed by atoms with Crippen molar-refractivity contribution in [1.29, 1.82) is 0 Å². The molecular weight excluding hydrogens is 346 g/mol. The lowest BCUT2D eigenvalue weighted by Crippen LogP contribution is -2.33. The summed E-state index contributed by atoms with van der Waals surface area (Å²) in [7, 11) is 1.54. The Bertz CT molecular complexity index is 1100. The van der Waals surface area contributed by atoms with E-state index < -0.39 is 6.04 Å². The summed E-state index contributed by atoms with van der Waals surface area (Å²) in [5.74, 6) is -0.735. The molecule has 0 saturated heterocycles. The predicted octanol–water partition coefficient (Wildman–Crippen LogP) is 1.59. The summed E-state index contributed by atoms with van der Waals surface area (Å²) >= 11 is 0. The van der Waals surface area contributed by atoms with Crippen LogP contribution in [0.3, 0.4) is 0 Å². The average Bonchev–Trinajstić information content (AvgIpc) is 2.94. The van der Waals surface area contributed by atoms with Gasteiger partial charge in [0, 0.05) is 25.5 Å². The van der Waals surface area contributed by atoms with E-state index in [4.69, 9.17) is 0 Å². The van der Waals surface area contributed by atoms with Crippen molar-refractivity contribution in [2.75, 3.05) is 0 Å². The van der Waals surface area contributed by atoms with E-state index in [9.17, 15) is 14.4 Å². The van der Waals surface area contributed by atoms with Crippen LogP contribution >= 0.6 is 0 Å². The number of rotatable bonds is 3. The quantitative estimate of drug-likeness (QED) is 0.657. The van der Waals surface area contributed by atoms with Crippen LogP contribution in [0.4, 0.5) is 0 Å². The molecule has 1 unspecified atom stereocenters. The third kappa shape index (κ3) is 2.62. The van der Waals surface area contributed by atoms with Crippen molar-refractivity contribution >= 4 is 11.8 Å². The van der Waals surface area contributed by atoms with Gasteiger partial charge in [-0.25, -0.2) is 4.68 Å². The van der Waals surface area contributed by atoms with E-state index in [1.54, 1.807) is 37.3 Å². The van der Waals surface area contributed by atoms with Crippen molar-refractivity contribution < 1.29 is 9.59 Å². The van der Waals surface area contributed by atoms with E-state index in [2.05, 4.69) is 15.1 Å². The maximum absolute atomic E-state index is 12.8. The summed E-state index contributed by atoms with van der Waals surface area (Å²) in [6.07, 6.45) is 3.00. The number of fused-ring (bicyclic) bond motifs is 1. The van der Waals surface area contributed by atoms with Crippen LogP contribution in [-0.4, -0.2) is 36.5 Å². The molecule has 0 fully saturated rings. The van der Waals surface area contributed by atoms with E-state index in [-0.39, 0.29) is 17.4 Å². The van der Waals surface area contributed by atoms with Crippen LogP contribution in [0.25, 0.3) is 11.4 Å². The van der Waals surface area contributed by atoms with Crippen LogP contribution in [-0.2, 0) is 7.05 Å². The number of carbonyl (C=O) groups excluding carboxylic acids is 2. The summed E-state index contributed by atoms with van der Waals surface area (Å²) in [5.41, 5.74) is 1.77. The zero-order valence-corrected chi connectivity index (χ0v) is 14.7.